The van der Waals surface area contributed by atoms with Gasteiger partial charge in [0.25, 0.3) is 0 Å². The molecule has 1 aromatic carbocycles. The minimum absolute atomic E-state index is 0. The van der Waals surface area contributed by atoms with Gasteiger partial charge in [-0.15, -0.1) is 13.1 Å². The maximum atomic E-state index is 10.0. The molecule has 229 valence electrons. The molecule has 2 unspecified atom stereocenters. The van der Waals surface area contributed by atoms with Crippen LogP contribution in [0.5, 0.6) is 0 Å². The fourth-order valence-electron chi connectivity index (χ4n) is 6.70. The van der Waals surface area contributed by atoms with Crippen molar-refractivity contribution in [3.05, 3.63) is 94.5 Å². The van der Waals surface area contributed by atoms with Crippen LogP contribution in [-0.2, 0) is 42.3 Å². The van der Waals surface area contributed by atoms with Crippen molar-refractivity contribution in [1.29, 1.82) is 0 Å². The van der Waals surface area contributed by atoms with Gasteiger partial charge >= 0.3 is 0 Å². The van der Waals surface area contributed by atoms with Gasteiger partial charge in [0.2, 0.25) is 0 Å². The Bertz CT molecular complexity index is 1640. The molecule has 3 heterocycles. The van der Waals surface area contributed by atoms with Crippen LogP contribution in [0.3, 0.4) is 0 Å². The Balaban J connectivity index is 0.000000475. The van der Waals surface area contributed by atoms with Crippen LogP contribution in [0.25, 0.3) is 27.5 Å². The summed E-state index contributed by atoms with van der Waals surface area (Å²) in [4.78, 5) is 19.7. The molecular weight excluding hydrogens is 715 g/mol. The van der Waals surface area contributed by atoms with Gasteiger partial charge in [0.05, 0.1) is 11.5 Å². The summed E-state index contributed by atoms with van der Waals surface area (Å²) < 4.78 is 0. The molecule has 2 aliphatic carbocycles. The van der Waals surface area contributed by atoms with E-state index in [1.165, 1.54) is 49.4 Å². The maximum Gasteiger partial charge on any atom is 0.155 e. The number of carbonyl (C=O) groups excluding carboxylic acids is 1. The normalized spacial score (nSPS) is 20.3. The number of ketones is 1. The van der Waals surface area contributed by atoms with E-state index < -0.39 is 0 Å². The molecule has 4 aromatic rings. The van der Waals surface area contributed by atoms with Gasteiger partial charge in [-0.3, -0.25) is 14.8 Å². The molecule has 2 aliphatic rings. The molecule has 7 nitrogen and oxygen atoms in total. The second-order valence-corrected chi connectivity index (χ2v) is 13.2. The van der Waals surface area contributed by atoms with Gasteiger partial charge in [0.1, 0.15) is 0 Å². The third kappa shape index (κ3) is 6.10. The largest absolute Gasteiger partial charge is 0.656 e. The van der Waals surface area contributed by atoms with Crippen LogP contribution in [0.15, 0.2) is 66.6 Å². The van der Waals surface area contributed by atoms with E-state index in [9.17, 15) is 4.79 Å². The summed E-state index contributed by atoms with van der Waals surface area (Å²) in [5, 5.41) is 25.1. The molecule has 1 radical (unpaired) electrons. The Morgan fingerprint density at radius 1 is 1.14 bits per heavy atom. The SMILES string of the molecule is CC(=O)/C=C(/C)O.CC(C)(C[N-]Cc1ccccn1)c1cc2ccccc2c(-c2[n-]nc3c2C2CCC3(C)C2(C)C)n1.[Ir]. The zero-order valence-electron chi connectivity index (χ0n) is 26.1. The van der Waals surface area contributed by atoms with Gasteiger partial charge < -0.3 is 20.6 Å². The molecule has 2 atom stereocenters. The van der Waals surface area contributed by atoms with E-state index in [0.717, 1.165) is 28.2 Å². The number of fused-ring (bicyclic) bond motifs is 6. The summed E-state index contributed by atoms with van der Waals surface area (Å²) in [5.41, 5.74) is 6.60. The Hall–Kier alpha value is -3.19. The summed E-state index contributed by atoms with van der Waals surface area (Å²) in [6.07, 6.45) is 5.38. The molecule has 0 saturated heterocycles. The predicted octanol–water partition coefficient (Wildman–Crippen LogP) is 7.71. The number of aliphatic hydroxyl groups is 1. The van der Waals surface area contributed by atoms with Crippen molar-refractivity contribution < 1.29 is 30.0 Å². The van der Waals surface area contributed by atoms with E-state index in [-0.39, 0.29) is 47.9 Å². The molecular formula is C35H41IrN5O2-2. The van der Waals surface area contributed by atoms with Crippen molar-refractivity contribution in [2.24, 2.45) is 5.41 Å². The summed E-state index contributed by atoms with van der Waals surface area (Å²) in [6.45, 7) is 15.8. The van der Waals surface area contributed by atoms with Crippen LogP contribution in [0, 0.1) is 5.41 Å². The summed E-state index contributed by atoms with van der Waals surface area (Å²) in [5.74, 6) is 0.422. The molecule has 3 aromatic heterocycles. The Labute approximate surface area is 268 Å². The predicted molar refractivity (Wildman–Crippen MR) is 168 cm³/mol. The Morgan fingerprint density at radius 3 is 2.51 bits per heavy atom. The topological polar surface area (TPSA) is 104 Å². The quantitative estimate of drug-likeness (QED) is 0.153. The van der Waals surface area contributed by atoms with Gasteiger partial charge in [-0.1, -0.05) is 70.6 Å². The number of carbonyl (C=O) groups is 1. The van der Waals surface area contributed by atoms with Gasteiger partial charge in [-0.05, 0) is 72.6 Å². The van der Waals surface area contributed by atoms with Crippen molar-refractivity contribution in [2.75, 3.05) is 6.54 Å². The van der Waals surface area contributed by atoms with Gasteiger partial charge in [-0.2, -0.15) is 0 Å². The second-order valence-electron chi connectivity index (χ2n) is 13.2. The molecule has 0 amide bonds. The average Bonchev–Trinajstić information content (AvgIpc) is 3.52. The molecule has 8 heteroatoms. The first-order valence-electron chi connectivity index (χ1n) is 14.7. The third-order valence-corrected chi connectivity index (χ3v) is 9.43. The fourth-order valence-corrected chi connectivity index (χ4v) is 6.70. The molecule has 1 saturated carbocycles. The number of hydrogen-bond donors (Lipinski definition) is 1. The van der Waals surface area contributed by atoms with Gasteiger partial charge in [0, 0.05) is 60.3 Å². The second kappa shape index (κ2) is 12.4. The molecule has 2 bridgehead atoms. The number of allylic oxidation sites excluding steroid dienone is 2. The van der Waals surface area contributed by atoms with E-state index in [1.807, 2.05) is 24.4 Å². The van der Waals surface area contributed by atoms with E-state index in [0.29, 0.717) is 19.0 Å². The van der Waals surface area contributed by atoms with Crippen LogP contribution in [-0.4, -0.2) is 32.5 Å². The minimum Gasteiger partial charge on any atom is -0.656 e. The Kier molecular flexibility index (Phi) is 9.46. The molecule has 43 heavy (non-hydrogen) atoms. The standard InChI is InChI=1S/C30H33N5.C5H8O2.Ir/c1-28(2,18-31-17-20-11-8-9-15-32-20)23-16-19-10-6-7-12-21(19)25(33-23)26-24-22-13-14-30(5,29(22,3)4)27(24)35-34-26;1-4(6)3-5(2)7;/h6-12,15-16,22H,13-14,17-18H2,1-5H3;3,6H,1-2H3;/q-2;;/b;4-3-;. The summed E-state index contributed by atoms with van der Waals surface area (Å²) in [6, 6.07) is 16.7. The van der Waals surface area contributed by atoms with E-state index in [1.54, 1.807) is 0 Å². The smallest absolute Gasteiger partial charge is 0.155 e. The van der Waals surface area contributed by atoms with Gasteiger partial charge in [0.15, 0.2) is 5.78 Å². The van der Waals surface area contributed by atoms with Crippen molar-refractivity contribution >= 4 is 16.6 Å². The van der Waals surface area contributed by atoms with E-state index >= 15 is 0 Å². The van der Waals surface area contributed by atoms with Crippen LogP contribution >= 0.6 is 0 Å². The fraction of sp³-hybridized carbons (Fsp3) is 0.429. The third-order valence-electron chi connectivity index (χ3n) is 9.43. The molecule has 6 rings (SSSR count). The number of benzene rings is 1. The van der Waals surface area contributed by atoms with Crippen LogP contribution in [0.4, 0.5) is 0 Å². The molecule has 1 fully saturated rings. The number of pyridine rings is 2. The van der Waals surface area contributed by atoms with E-state index in [2.05, 4.69) is 69.9 Å². The number of hydrogen-bond acceptors (Lipinski definition) is 5. The zero-order chi connectivity index (χ0) is 30.3. The summed E-state index contributed by atoms with van der Waals surface area (Å²) >= 11 is 0. The number of rotatable bonds is 7. The first-order chi connectivity index (χ1) is 19.8. The average molecular weight is 756 g/mol. The summed E-state index contributed by atoms with van der Waals surface area (Å²) in [7, 11) is 0. The number of aliphatic hydroxyl groups excluding tert-OH is 1. The van der Waals surface area contributed by atoms with Crippen LogP contribution in [0.1, 0.15) is 89.9 Å². The van der Waals surface area contributed by atoms with E-state index in [4.69, 9.17) is 25.6 Å². The maximum absolute atomic E-state index is 10.0. The Morgan fingerprint density at radius 2 is 1.86 bits per heavy atom. The monoisotopic (exact) mass is 756 g/mol. The van der Waals surface area contributed by atoms with Crippen LogP contribution in [0.2, 0.25) is 0 Å². The van der Waals surface area contributed by atoms with Crippen LogP contribution < -0.4 is 5.10 Å². The molecule has 0 aliphatic heterocycles. The molecule has 0 spiro atoms. The van der Waals surface area contributed by atoms with Crippen molar-refractivity contribution in [1.82, 2.24) is 20.2 Å². The first kappa shape index (κ1) is 32.7. The minimum atomic E-state index is -0.221. The number of nitrogens with zero attached hydrogens (tertiary/aromatic N) is 5. The van der Waals surface area contributed by atoms with Gasteiger partial charge in [-0.25, -0.2) is 0 Å². The number of aromatic nitrogens is 4. The van der Waals surface area contributed by atoms with Crippen molar-refractivity contribution in [3.63, 3.8) is 0 Å². The first-order valence-corrected chi connectivity index (χ1v) is 14.7. The zero-order valence-corrected chi connectivity index (χ0v) is 28.5. The van der Waals surface area contributed by atoms with Crippen molar-refractivity contribution in [2.45, 2.75) is 84.6 Å². The molecule has 1 N–H and O–H groups in total. The van der Waals surface area contributed by atoms with Crippen molar-refractivity contribution in [3.8, 4) is 11.4 Å².